The summed E-state index contributed by atoms with van der Waals surface area (Å²) in [4.78, 5) is 1.15. The van der Waals surface area contributed by atoms with Crippen molar-refractivity contribution in [1.29, 1.82) is 0 Å². The normalized spacial score (nSPS) is 61.9. The SMILES string of the molecule is C[N+]12C3C=C[C@@H]1[C@H](Br)[C@@H](Br)[C@@H]2C=C3. The second kappa shape index (κ2) is 2.50. The van der Waals surface area contributed by atoms with Crippen LogP contribution >= 0.6 is 31.9 Å². The summed E-state index contributed by atoms with van der Waals surface area (Å²) in [7, 11) is 2.37. The maximum absolute atomic E-state index is 3.80. The number of hydrogen-bond donors (Lipinski definition) is 0. The predicted molar refractivity (Wildman–Crippen MR) is 61.3 cm³/mol. The number of hydrogen-bond acceptors (Lipinski definition) is 0. The Bertz CT molecular complexity index is 284. The molecule has 6 atom stereocenters. The van der Waals surface area contributed by atoms with Gasteiger partial charge in [-0.3, -0.25) is 0 Å². The van der Waals surface area contributed by atoms with Crippen molar-refractivity contribution < 1.29 is 4.48 Å². The molecule has 1 saturated heterocycles. The largest absolute Gasteiger partial charge is 0.304 e. The molecule has 3 aliphatic heterocycles. The van der Waals surface area contributed by atoms with Gasteiger partial charge in [0.25, 0.3) is 0 Å². The number of quaternary nitrogens is 1. The monoisotopic (exact) mass is 304 g/mol. The Morgan fingerprint density at radius 1 is 0.923 bits per heavy atom. The van der Waals surface area contributed by atoms with Crippen LogP contribution in [0.15, 0.2) is 24.3 Å². The summed E-state index contributed by atoms with van der Waals surface area (Å²) < 4.78 is 1.16. The molecule has 3 heteroatoms. The van der Waals surface area contributed by atoms with Crippen molar-refractivity contribution in [2.75, 3.05) is 7.05 Å². The van der Waals surface area contributed by atoms with Gasteiger partial charge >= 0.3 is 0 Å². The molecule has 0 aromatic heterocycles. The second-order valence-electron chi connectivity index (χ2n) is 4.35. The van der Waals surface area contributed by atoms with Crippen LogP contribution < -0.4 is 0 Å². The number of rotatable bonds is 0. The maximum atomic E-state index is 3.80. The fourth-order valence-corrected chi connectivity index (χ4v) is 5.06. The average Bonchev–Trinajstić information content (AvgIpc) is 2.62. The molecule has 13 heavy (non-hydrogen) atoms. The fraction of sp³-hybridized carbons (Fsp3) is 0.600. The molecule has 2 unspecified atom stereocenters. The molecule has 0 amide bonds. The molecule has 3 rings (SSSR count). The zero-order valence-corrected chi connectivity index (χ0v) is 10.6. The molecule has 0 aromatic carbocycles. The predicted octanol–water partition coefficient (Wildman–Crippen LogP) is 2.22. The first-order chi connectivity index (χ1) is 6.15. The van der Waals surface area contributed by atoms with Gasteiger partial charge in [-0.2, -0.15) is 0 Å². The molecule has 0 aromatic rings. The van der Waals surface area contributed by atoms with Gasteiger partial charge in [-0.05, 0) is 24.3 Å². The molecule has 0 spiro atoms. The first-order valence-corrected chi connectivity index (χ1v) is 6.49. The molecule has 0 aliphatic carbocycles. The Morgan fingerprint density at radius 3 is 1.85 bits per heavy atom. The second-order valence-corrected chi connectivity index (χ2v) is 6.47. The molecule has 1 fully saturated rings. The molecule has 3 heterocycles. The summed E-state index contributed by atoms with van der Waals surface area (Å²) in [6, 6.07) is 1.92. The van der Waals surface area contributed by atoms with Crippen molar-refractivity contribution in [3.63, 3.8) is 0 Å². The van der Waals surface area contributed by atoms with Crippen LogP contribution in [-0.4, -0.2) is 39.3 Å². The lowest BCUT2D eigenvalue weighted by Gasteiger charge is -2.36. The van der Waals surface area contributed by atoms with Crippen molar-refractivity contribution in [3.8, 4) is 0 Å². The summed E-state index contributed by atoms with van der Waals surface area (Å²) in [6.45, 7) is 0. The van der Waals surface area contributed by atoms with E-state index in [4.69, 9.17) is 0 Å². The lowest BCUT2D eigenvalue weighted by atomic mass is 10.2. The number of halogens is 2. The van der Waals surface area contributed by atoms with E-state index in [0.717, 1.165) is 4.48 Å². The van der Waals surface area contributed by atoms with Crippen LogP contribution in [0.1, 0.15) is 0 Å². The van der Waals surface area contributed by atoms with E-state index in [2.05, 4.69) is 63.2 Å². The summed E-state index contributed by atoms with van der Waals surface area (Å²) >= 11 is 7.60. The Hall–Kier alpha value is 0.400. The minimum Gasteiger partial charge on any atom is -0.304 e. The van der Waals surface area contributed by atoms with Crippen LogP contribution in [0.25, 0.3) is 0 Å². The molecule has 1 nitrogen and oxygen atoms in total. The highest BCUT2D eigenvalue weighted by Gasteiger charge is 2.61. The van der Waals surface area contributed by atoms with E-state index >= 15 is 0 Å². The molecule has 3 aliphatic rings. The topological polar surface area (TPSA) is 0 Å². The standard InChI is InChI=1S/C10H12Br2N/c1-13-6-2-4-7(13)9(11)10(12)8(13)5-3-6/h2-10H,1H3/q+1/t6?,7-,8+,9-,10-,13?/m0/s1. The number of likely N-dealkylation sites (N-methyl/N-ethyl adjacent to an activating group) is 1. The van der Waals surface area contributed by atoms with Crippen molar-refractivity contribution in [2.45, 2.75) is 27.8 Å². The highest BCUT2D eigenvalue weighted by molar-refractivity contribution is 9.12. The van der Waals surface area contributed by atoms with Gasteiger partial charge in [-0.1, -0.05) is 31.9 Å². The molecule has 70 valence electrons. The van der Waals surface area contributed by atoms with Gasteiger partial charge in [0.15, 0.2) is 0 Å². The van der Waals surface area contributed by atoms with Gasteiger partial charge < -0.3 is 4.48 Å². The van der Waals surface area contributed by atoms with E-state index in [1.54, 1.807) is 0 Å². The van der Waals surface area contributed by atoms with E-state index < -0.39 is 0 Å². The smallest absolute Gasteiger partial charge is 0.128 e. The molecule has 0 radical (unpaired) electrons. The molecule has 0 bridgehead atoms. The van der Waals surface area contributed by atoms with Gasteiger partial charge in [0.2, 0.25) is 0 Å². The van der Waals surface area contributed by atoms with Crippen LogP contribution in [0.4, 0.5) is 0 Å². The zero-order valence-electron chi connectivity index (χ0n) is 7.40. The van der Waals surface area contributed by atoms with Crippen LogP contribution in [0, 0.1) is 0 Å². The van der Waals surface area contributed by atoms with Crippen LogP contribution in [-0.2, 0) is 0 Å². The Kier molecular flexibility index (Phi) is 1.67. The summed E-state index contributed by atoms with van der Waals surface area (Å²) in [5.41, 5.74) is 0. The molecular formula is C10H12Br2N+. The van der Waals surface area contributed by atoms with Gasteiger partial charge in [0, 0.05) is 0 Å². The van der Waals surface area contributed by atoms with Crippen molar-refractivity contribution in [2.24, 2.45) is 0 Å². The van der Waals surface area contributed by atoms with E-state index in [1.807, 2.05) is 0 Å². The Labute approximate surface area is 95.3 Å². The first kappa shape index (κ1) is 8.69. The fourth-order valence-electron chi connectivity index (χ4n) is 3.06. The molecule has 0 N–H and O–H groups in total. The van der Waals surface area contributed by atoms with E-state index in [0.29, 0.717) is 27.8 Å². The Morgan fingerprint density at radius 2 is 1.38 bits per heavy atom. The van der Waals surface area contributed by atoms with Gasteiger partial charge in [0.1, 0.15) is 18.1 Å². The van der Waals surface area contributed by atoms with Gasteiger partial charge in [-0.15, -0.1) is 0 Å². The average molecular weight is 306 g/mol. The third kappa shape index (κ3) is 0.822. The summed E-state index contributed by atoms with van der Waals surface area (Å²) in [5, 5.41) is 0. The van der Waals surface area contributed by atoms with Crippen molar-refractivity contribution in [1.82, 2.24) is 0 Å². The van der Waals surface area contributed by atoms with Crippen molar-refractivity contribution in [3.05, 3.63) is 24.3 Å². The number of nitrogens with zero attached hydrogens (tertiary/aromatic N) is 1. The highest BCUT2D eigenvalue weighted by atomic mass is 79.9. The summed E-state index contributed by atoms with van der Waals surface area (Å²) in [5.74, 6) is 0. The summed E-state index contributed by atoms with van der Waals surface area (Å²) in [6.07, 6.45) is 9.46. The minimum atomic E-state index is 0.577. The third-order valence-corrected chi connectivity index (χ3v) is 6.83. The van der Waals surface area contributed by atoms with Crippen LogP contribution in [0.3, 0.4) is 0 Å². The third-order valence-electron chi connectivity index (χ3n) is 3.89. The lowest BCUT2D eigenvalue weighted by Crippen LogP contribution is -2.53. The van der Waals surface area contributed by atoms with E-state index in [9.17, 15) is 0 Å². The van der Waals surface area contributed by atoms with Crippen LogP contribution in [0.2, 0.25) is 0 Å². The Balaban J connectivity index is 2.13. The lowest BCUT2D eigenvalue weighted by molar-refractivity contribution is -0.931. The highest BCUT2D eigenvalue weighted by Crippen LogP contribution is 2.49. The van der Waals surface area contributed by atoms with Crippen LogP contribution in [0.5, 0.6) is 0 Å². The van der Waals surface area contributed by atoms with E-state index in [1.165, 1.54) is 0 Å². The zero-order chi connectivity index (χ0) is 9.22. The van der Waals surface area contributed by atoms with Gasteiger partial charge in [-0.25, -0.2) is 0 Å². The van der Waals surface area contributed by atoms with E-state index in [-0.39, 0.29) is 0 Å². The maximum Gasteiger partial charge on any atom is 0.128 e. The molecule has 0 saturated carbocycles. The van der Waals surface area contributed by atoms with Crippen molar-refractivity contribution >= 4 is 31.9 Å². The van der Waals surface area contributed by atoms with Gasteiger partial charge in [0.05, 0.1) is 16.7 Å². The first-order valence-electron chi connectivity index (χ1n) is 4.66. The molecular weight excluding hydrogens is 294 g/mol. The minimum absolute atomic E-state index is 0.577. The quantitative estimate of drug-likeness (QED) is 0.366. The number of alkyl halides is 2.